The van der Waals surface area contributed by atoms with Crippen molar-refractivity contribution in [1.82, 2.24) is 0 Å². The molecule has 3 rings (SSSR count). The largest absolute Gasteiger partial charge is 0.364 e. The lowest BCUT2D eigenvalue weighted by atomic mass is 9.75. The fourth-order valence-corrected chi connectivity index (χ4v) is 3.37. The maximum absolute atomic E-state index is 6.09. The molecule has 0 radical (unpaired) electrons. The van der Waals surface area contributed by atoms with Gasteiger partial charge >= 0.3 is 0 Å². The van der Waals surface area contributed by atoms with E-state index in [-0.39, 0.29) is 5.54 Å². The zero-order chi connectivity index (χ0) is 13.3. The first-order valence-electron chi connectivity index (χ1n) is 7.26. The molecule has 0 aliphatic heterocycles. The summed E-state index contributed by atoms with van der Waals surface area (Å²) in [7, 11) is 0. The van der Waals surface area contributed by atoms with E-state index >= 15 is 0 Å². The molecule has 0 aromatic heterocycles. The number of nitrogens with two attached hydrogens (primary N) is 1. The van der Waals surface area contributed by atoms with Crippen LogP contribution in [0.1, 0.15) is 26.2 Å². The number of nitrogens with zero attached hydrogens (tertiary/aromatic N) is 1. The number of anilines is 1. The smallest absolute Gasteiger partial charge is 0.0524 e. The minimum Gasteiger partial charge on any atom is -0.364 e. The highest BCUT2D eigenvalue weighted by atomic mass is 15.2. The Kier molecular flexibility index (Phi) is 3.19. The monoisotopic (exact) mass is 254 g/mol. The first-order valence-corrected chi connectivity index (χ1v) is 7.26. The molecular weight excluding hydrogens is 232 g/mol. The maximum atomic E-state index is 6.09. The molecule has 0 bridgehead atoms. The molecule has 1 fully saturated rings. The van der Waals surface area contributed by atoms with Crippen LogP contribution in [0.15, 0.2) is 42.5 Å². The van der Waals surface area contributed by atoms with E-state index in [4.69, 9.17) is 5.73 Å². The van der Waals surface area contributed by atoms with Gasteiger partial charge in [-0.15, -0.1) is 0 Å². The van der Waals surface area contributed by atoms with E-state index in [0.29, 0.717) is 0 Å². The lowest BCUT2D eigenvalue weighted by molar-refractivity contribution is 0.239. The van der Waals surface area contributed by atoms with Crippen LogP contribution in [0.3, 0.4) is 0 Å². The van der Waals surface area contributed by atoms with Crippen molar-refractivity contribution in [1.29, 1.82) is 0 Å². The summed E-state index contributed by atoms with van der Waals surface area (Å²) in [6.45, 7) is 4.01. The summed E-state index contributed by atoms with van der Waals surface area (Å²) in [4.78, 5) is 2.53. The van der Waals surface area contributed by atoms with E-state index in [9.17, 15) is 0 Å². The molecule has 1 aliphatic carbocycles. The summed E-state index contributed by atoms with van der Waals surface area (Å²) >= 11 is 0. The van der Waals surface area contributed by atoms with Crippen molar-refractivity contribution in [2.45, 2.75) is 31.7 Å². The van der Waals surface area contributed by atoms with Crippen molar-refractivity contribution < 1.29 is 0 Å². The van der Waals surface area contributed by atoms with E-state index in [2.05, 4.69) is 54.3 Å². The van der Waals surface area contributed by atoms with Gasteiger partial charge in [0.15, 0.2) is 0 Å². The Morgan fingerprint density at radius 3 is 2.47 bits per heavy atom. The summed E-state index contributed by atoms with van der Waals surface area (Å²) < 4.78 is 0. The standard InChI is InChI=1S/C17H22N2/c1-2-19(17(13-18)11-6-12-17)16-10-5-8-14-7-3-4-9-15(14)16/h3-5,7-10H,2,6,11-13,18H2,1H3. The predicted octanol–water partition coefficient (Wildman–Crippen LogP) is 3.55. The van der Waals surface area contributed by atoms with Gasteiger partial charge in [0.05, 0.1) is 5.54 Å². The number of likely N-dealkylation sites (N-methyl/N-ethyl adjacent to an activating group) is 1. The minimum atomic E-state index is 0.193. The van der Waals surface area contributed by atoms with Crippen molar-refractivity contribution in [3.8, 4) is 0 Å². The highest BCUT2D eigenvalue weighted by Gasteiger charge is 2.41. The fraction of sp³-hybridized carbons (Fsp3) is 0.412. The molecule has 0 spiro atoms. The summed E-state index contributed by atoms with van der Waals surface area (Å²) in [5.74, 6) is 0. The average Bonchev–Trinajstić information content (AvgIpc) is 2.42. The number of rotatable bonds is 4. The molecule has 0 atom stereocenters. The summed E-state index contributed by atoms with van der Waals surface area (Å²) in [5, 5.41) is 2.65. The van der Waals surface area contributed by atoms with E-state index in [1.165, 1.54) is 35.7 Å². The predicted molar refractivity (Wildman–Crippen MR) is 82.6 cm³/mol. The Bertz CT molecular complexity index is 561. The molecule has 1 aliphatic rings. The van der Waals surface area contributed by atoms with Crippen molar-refractivity contribution >= 4 is 16.5 Å². The van der Waals surface area contributed by atoms with Crippen molar-refractivity contribution in [2.24, 2.45) is 5.73 Å². The first kappa shape index (κ1) is 12.5. The fourth-order valence-electron chi connectivity index (χ4n) is 3.37. The second-order valence-electron chi connectivity index (χ2n) is 5.52. The van der Waals surface area contributed by atoms with Gasteiger partial charge in [0.1, 0.15) is 0 Å². The van der Waals surface area contributed by atoms with Crippen molar-refractivity contribution in [3.63, 3.8) is 0 Å². The lowest BCUT2D eigenvalue weighted by Crippen LogP contribution is -2.58. The van der Waals surface area contributed by atoms with Gasteiger partial charge in [-0.05, 0) is 37.6 Å². The zero-order valence-corrected chi connectivity index (χ0v) is 11.6. The molecule has 0 saturated heterocycles. The van der Waals surface area contributed by atoms with Crippen LogP contribution in [-0.4, -0.2) is 18.6 Å². The molecule has 100 valence electrons. The van der Waals surface area contributed by atoms with Gasteiger partial charge in [-0.2, -0.15) is 0 Å². The Hall–Kier alpha value is -1.54. The molecule has 0 unspecified atom stereocenters. The third-order valence-electron chi connectivity index (χ3n) is 4.61. The Morgan fingerprint density at radius 2 is 1.84 bits per heavy atom. The molecular formula is C17H22N2. The van der Waals surface area contributed by atoms with E-state index in [0.717, 1.165) is 13.1 Å². The SMILES string of the molecule is CCN(c1cccc2ccccc12)C1(CN)CCC1. The van der Waals surface area contributed by atoms with Crippen LogP contribution in [-0.2, 0) is 0 Å². The van der Waals surface area contributed by atoms with Crippen LogP contribution in [0, 0.1) is 0 Å². The van der Waals surface area contributed by atoms with Crippen molar-refractivity contribution in [2.75, 3.05) is 18.0 Å². The van der Waals surface area contributed by atoms with Crippen LogP contribution in [0.4, 0.5) is 5.69 Å². The molecule has 19 heavy (non-hydrogen) atoms. The zero-order valence-electron chi connectivity index (χ0n) is 11.6. The topological polar surface area (TPSA) is 29.3 Å². The first-order chi connectivity index (χ1) is 9.30. The van der Waals surface area contributed by atoms with Gasteiger partial charge in [0.2, 0.25) is 0 Å². The van der Waals surface area contributed by atoms with Crippen molar-refractivity contribution in [3.05, 3.63) is 42.5 Å². The van der Waals surface area contributed by atoms with Crippen LogP contribution in [0.25, 0.3) is 10.8 Å². The van der Waals surface area contributed by atoms with Crippen LogP contribution in [0.2, 0.25) is 0 Å². The van der Waals surface area contributed by atoms with E-state index in [1.807, 2.05) is 0 Å². The quantitative estimate of drug-likeness (QED) is 0.904. The van der Waals surface area contributed by atoms with Gasteiger partial charge in [-0.25, -0.2) is 0 Å². The molecule has 2 N–H and O–H groups in total. The summed E-state index contributed by atoms with van der Waals surface area (Å²) in [6, 6.07) is 15.2. The number of hydrogen-bond donors (Lipinski definition) is 1. The minimum absolute atomic E-state index is 0.193. The van der Waals surface area contributed by atoms with Gasteiger partial charge in [-0.1, -0.05) is 36.4 Å². The van der Waals surface area contributed by atoms with Crippen LogP contribution < -0.4 is 10.6 Å². The van der Waals surface area contributed by atoms with E-state index in [1.54, 1.807) is 0 Å². The van der Waals surface area contributed by atoms with Crippen LogP contribution in [0.5, 0.6) is 0 Å². The Balaban J connectivity index is 2.11. The van der Waals surface area contributed by atoms with Gasteiger partial charge < -0.3 is 10.6 Å². The molecule has 2 aromatic rings. The van der Waals surface area contributed by atoms with Crippen LogP contribution >= 0.6 is 0 Å². The Morgan fingerprint density at radius 1 is 1.11 bits per heavy atom. The normalized spacial score (nSPS) is 17.2. The summed E-state index contributed by atoms with van der Waals surface area (Å²) in [5.41, 5.74) is 7.62. The second kappa shape index (κ2) is 4.86. The highest BCUT2D eigenvalue weighted by molar-refractivity contribution is 5.94. The van der Waals surface area contributed by atoms with Gasteiger partial charge in [0, 0.05) is 24.2 Å². The number of fused-ring (bicyclic) bond motifs is 1. The highest BCUT2D eigenvalue weighted by Crippen LogP contribution is 2.41. The Labute approximate surface area is 115 Å². The van der Waals surface area contributed by atoms with Gasteiger partial charge in [0.25, 0.3) is 0 Å². The number of hydrogen-bond acceptors (Lipinski definition) is 2. The lowest BCUT2D eigenvalue weighted by Gasteiger charge is -2.51. The van der Waals surface area contributed by atoms with Gasteiger partial charge in [-0.3, -0.25) is 0 Å². The molecule has 1 saturated carbocycles. The molecule has 0 heterocycles. The molecule has 2 heteroatoms. The third kappa shape index (κ3) is 1.91. The molecule has 2 aromatic carbocycles. The van der Waals surface area contributed by atoms with E-state index < -0.39 is 0 Å². The maximum Gasteiger partial charge on any atom is 0.0524 e. The third-order valence-corrected chi connectivity index (χ3v) is 4.61. The molecule has 0 amide bonds. The summed E-state index contributed by atoms with van der Waals surface area (Å²) in [6.07, 6.45) is 3.75. The number of benzene rings is 2. The average molecular weight is 254 g/mol. The second-order valence-corrected chi connectivity index (χ2v) is 5.52. The molecule has 2 nitrogen and oxygen atoms in total.